The van der Waals surface area contributed by atoms with Crippen molar-refractivity contribution >= 4 is 95.9 Å². The molecule has 0 nitrogen and oxygen atoms in total. The van der Waals surface area contributed by atoms with Gasteiger partial charge < -0.3 is 0 Å². The Morgan fingerprint density at radius 1 is 0.400 bits per heavy atom. The second-order valence-electron chi connectivity index (χ2n) is 0. The minimum Gasteiger partial charge on any atom is -0.107 e. The number of rotatable bonds is 0. The fourth-order valence-corrected chi connectivity index (χ4v) is 0. The van der Waals surface area contributed by atoms with E-state index in [1.807, 2.05) is 0 Å². The van der Waals surface area contributed by atoms with Gasteiger partial charge in [-0.2, -0.15) is 0 Å². The summed E-state index contributed by atoms with van der Waals surface area (Å²) in [6, 6.07) is 0. The van der Waals surface area contributed by atoms with Gasteiger partial charge in [0.1, 0.15) is 0 Å². The van der Waals surface area contributed by atoms with Crippen LogP contribution in [-0.2, 0) is 0 Å². The molecule has 0 aromatic carbocycles. The van der Waals surface area contributed by atoms with Crippen molar-refractivity contribution in [3.8, 4) is 0 Å². The van der Waals surface area contributed by atoms with Gasteiger partial charge in [0.2, 0.25) is 0 Å². The first kappa shape index (κ1) is 36.1. The molecule has 5 heteroatoms. The van der Waals surface area contributed by atoms with Crippen LogP contribution >= 0.6 is 95.9 Å². The molecule has 0 aliphatic rings. The molecule has 0 aromatic rings. The smallest absolute Gasteiger partial charge is 0 e. The molecule has 0 bridgehead atoms. The van der Waals surface area contributed by atoms with Crippen LogP contribution in [0.25, 0.3) is 0 Å². The molecule has 0 N–H and O–H groups in total. The van der Waals surface area contributed by atoms with E-state index in [0.29, 0.717) is 0 Å². The van der Waals surface area contributed by atoms with E-state index in [-0.39, 0.29) is 127 Å². The Kier molecular flexibility index (Phi) is 178. The fourth-order valence-electron chi connectivity index (χ4n) is 0. The molecule has 5 heavy (non-hydrogen) atoms. The summed E-state index contributed by atoms with van der Waals surface area (Å²) in [7, 11) is 0. The van der Waals surface area contributed by atoms with Gasteiger partial charge >= 0.3 is 0 Å². The van der Waals surface area contributed by atoms with Gasteiger partial charge in [0.05, 0.1) is 0 Å². The van der Waals surface area contributed by atoms with Gasteiger partial charge in [-0.05, 0) is 0 Å². The molecule has 0 amide bonds. The monoisotopic (exact) mass is 750 g/mol. The molecule has 0 radical (unpaired) electrons. The second kappa shape index (κ2) is 24.6. The van der Waals surface area contributed by atoms with Gasteiger partial charge in [0, 0.05) is 31.1 Å². The van der Waals surface area contributed by atoms with Crippen molar-refractivity contribution in [1.29, 1.82) is 0 Å². The third kappa shape index (κ3) is 18.0. The maximum atomic E-state index is 0. The van der Waals surface area contributed by atoms with E-state index in [9.17, 15) is 0 Å². The van der Waals surface area contributed by atoms with Crippen molar-refractivity contribution in [3.63, 3.8) is 0 Å². The van der Waals surface area contributed by atoms with Crippen LogP contribution in [0.5, 0.6) is 0 Å². The van der Waals surface area contributed by atoms with Crippen molar-refractivity contribution in [3.05, 3.63) is 0 Å². The first-order valence-electron chi connectivity index (χ1n) is 0. The molecule has 0 aliphatic carbocycles. The van der Waals surface area contributed by atoms with Gasteiger partial charge in [0.15, 0.2) is 0 Å². The minimum atomic E-state index is 0. The number of halogens is 4. The zero-order valence-electron chi connectivity index (χ0n) is 2.13. The average molecular weight is 750 g/mol. The van der Waals surface area contributed by atoms with Crippen molar-refractivity contribution < 1.29 is 31.1 Å². The Labute approximate surface area is 124 Å². The van der Waals surface area contributed by atoms with Gasteiger partial charge in [-0.25, -0.2) is 0 Å². The van der Waals surface area contributed by atoms with E-state index >= 15 is 0 Å². The van der Waals surface area contributed by atoms with E-state index in [1.54, 1.807) is 0 Å². The van der Waals surface area contributed by atoms with E-state index in [4.69, 9.17) is 0 Å². The topological polar surface area (TPSA) is 0 Å². The Balaban J connectivity index is 0. The van der Waals surface area contributed by atoms with E-state index < -0.39 is 0 Å². The largest absolute Gasteiger partial charge is 0.107 e. The van der Waals surface area contributed by atoms with Gasteiger partial charge in [-0.15, -0.1) is 95.9 Å². The van der Waals surface area contributed by atoms with Gasteiger partial charge in [-0.1, -0.05) is 0 Å². The number of hydrogen-bond donors (Lipinski definition) is 0. The Morgan fingerprint density at radius 3 is 0.400 bits per heavy atom. The molecule has 0 rings (SSSR count). The van der Waals surface area contributed by atoms with Crippen molar-refractivity contribution in [2.24, 2.45) is 0 Å². The van der Waals surface area contributed by atoms with Crippen LogP contribution in [0.2, 0.25) is 0 Å². The second-order valence-corrected chi connectivity index (χ2v) is 0. The van der Waals surface area contributed by atoms with Crippen molar-refractivity contribution in [1.82, 2.24) is 0 Å². The molecule has 0 saturated carbocycles. The molecule has 0 spiro atoms. The zero-order valence-corrected chi connectivity index (χ0v) is 15.6. The van der Waals surface area contributed by atoms with Crippen LogP contribution in [0.15, 0.2) is 0 Å². The summed E-state index contributed by atoms with van der Waals surface area (Å²) < 4.78 is 0. The molecule has 0 atom stereocenters. The number of hydrogen-bond acceptors (Lipinski definition) is 0. The van der Waals surface area contributed by atoms with Crippen LogP contribution in [-0.4, -0.2) is 0 Å². The first-order chi connectivity index (χ1) is 0. The van der Waals surface area contributed by atoms with E-state index in [2.05, 4.69) is 0 Å². The maximum absolute atomic E-state index is 0. The molecule has 36 valence electrons. The summed E-state index contributed by atoms with van der Waals surface area (Å²) in [5, 5.41) is 0. The molecular weight excluding hydrogens is 746 g/mol. The Bertz CT molecular complexity index is 3.61. The summed E-state index contributed by atoms with van der Waals surface area (Å²) in [5.74, 6) is 0. The van der Waals surface area contributed by atoms with E-state index in [1.165, 1.54) is 0 Å². The molecule has 0 fully saturated rings. The SMILES string of the molecule is I.I.I.I.[U]. The molecule has 0 heterocycles. The molecule has 0 aliphatic heterocycles. The maximum Gasteiger partial charge on any atom is 0 e. The zero-order chi connectivity index (χ0) is 0. The fraction of sp³-hybridized carbons (Fsp3) is 0. The summed E-state index contributed by atoms with van der Waals surface area (Å²) in [4.78, 5) is 0. The van der Waals surface area contributed by atoms with Crippen molar-refractivity contribution in [2.45, 2.75) is 0 Å². The van der Waals surface area contributed by atoms with Crippen LogP contribution in [0.1, 0.15) is 0 Å². The average Bonchev–Trinajstić information content (AvgIpc) is 0. The van der Waals surface area contributed by atoms with Crippen molar-refractivity contribution in [2.75, 3.05) is 0 Å². The Hall–Kier alpha value is 3.97. The first-order valence-corrected chi connectivity index (χ1v) is 0. The predicted molar refractivity (Wildman–Crippen MR) is 61.7 cm³/mol. The summed E-state index contributed by atoms with van der Waals surface area (Å²) in [6.07, 6.45) is 0. The van der Waals surface area contributed by atoms with Gasteiger partial charge in [-0.3, -0.25) is 0 Å². The van der Waals surface area contributed by atoms with Crippen LogP contribution < -0.4 is 0 Å². The van der Waals surface area contributed by atoms with Gasteiger partial charge in [0.25, 0.3) is 0 Å². The molecular formula is H4I4U. The third-order valence-electron chi connectivity index (χ3n) is 0. The standard InChI is InChI=1S/4HI.U/h4*1H;. The quantitative estimate of drug-likeness (QED) is 0.335. The molecule has 0 saturated heterocycles. The van der Waals surface area contributed by atoms with Crippen LogP contribution in [0, 0.1) is 31.1 Å². The molecule has 0 aromatic heterocycles. The summed E-state index contributed by atoms with van der Waals surface area (Å²) >= 11 is 0. The molecule has 0 unspecified atom stereocenters. The predicted octanol–water partition coefficient (Wildman–Crippen LogP) is 2.47. The summed E-state index contributed by atoms with van der Waals surface area (Å²) in [5.41, 5.74) is 0. The Morgan fingerprint density at radius 2 is 0.400 bits per heavy atom. The summed E-state index contributed by atoms with van der Waals surface area (Å²) in [6.45, 7) is 0. The van der Waals surface area contributed by atoms with Crippen LogP contribution in [0.3, 0.4) is 0 Å². The minimum absolute atomic E-state index is 0. The van der Waals surface area contributed by atoms with E-state index in [0.717, 1.165) is 0 Å². The third-order valence-corrected chi connectivity index (χ3v) is 0. The normalized spacial score (nSPS) is 0. The van der Waals surface area contributed by atoms with Crippen LogP contribution in [0.4, 0.5) is 0 Å².